The van der Waals surface area contributed by atoms with Crippen molar-refractivity contribution >= 4 is 0 Å². The summed E-state index contributed by atoms with van der Waals surface area (Å²) >= 11 is 0. The molecule has 0 heterocycles. The lowest BCUT2D eigenvalue weighted by molar-refractivity contribution is -0.149. The summed E-state index contributed by atoms with van der Waals surface area (Å²) in [6.07, 6.45) is 5.44. The quantitative estimate of drug-likeness (QED) is 0.340. The van der Waals surface area contributed by atoms with Gasteiger partial charge in [0.15, 0.2) is 18.4 Å². The molecule has 0 aliphatic heterocycles. The zero-order chi connectivity index (χ0) is 15.6. The molecule has 1 aliphatic rings. The van der Waals surface area contributed by atoms with Gasteiger partial charge in [-0.15, -0.1) is 0 Å². The normalized spacial score (nSPS) is 20.1. The van der Waals surface area contributed by atoms with Crippen LogP contribution in [0.3, 0.4) is 0 Å². The van der Waals surface area contributed by atoms with E-state index in [0.717, 1.165) is 12.8 Å². The summed E-state index contributed by atoms with van der Waals surface area (Å²) in [5.41, 5.74) is 0. The van der Waals surface area contributed by atoms with Crippen molar-refractivity contribution in [3.63, 3.8) is 0 Å². The fourth-order valence-corrected chi connectivity index (χ4v) is 1.56. The van der Waals surface area contributed by atoms with Crippen LogP contribution in [0.4, 0.5) is 0 Å². The molecule has 118 valence electrons. The fraction of sp³-hybridized carbons (Fsp3) is 0.692. The standard InChI is InChI=1S/C9H14O2.C4H10O5/c1-2-5-8-6-3-4-7-9(8,10)11;5-3(6)1-9-2-4(7)8/h3-4,6-8,10-11H,2,5H2,1H3;3-8H,1-2H2. The zero-order valence-corrected chi connectivity index (χ0v) is 11.5. The molecule has 1 atom stereocenters. The van der Waals surface area contributed by atoms with Gasteiger partial charge in [0.05, 0.1) is 13.2 Å². The van der Waals surface area contributed by atoms with Gasteiger partial charge in [-0.2, -0.15) is 0 Å². The van der Waals surface area contributed by atoms with Gasteiger partial charge < -0.3 is 35.4 Å². The summed E-state index contributed by atoms with van der Waals surface area (Å²) in [4.78, 5) is 0. The molecule has 0 spiro atoms. The summed E-state index contributed by atoms with van der Waals surface area (Å²) in [6.45, 7) is 1.41. The van der Waals surface area contributed by atoms with E-state index in [1.165, 1.54) is 6.08 Å². The lowest BCUT2D eigenvalue weighted by Crippen LogP contribution is -2.35. The van der Waals surface area contributed by atoms with Gasteiger partial charge in [0, 0.05) is 5.92 Å². The average molecular weight is 292 g/mol. The van der Waals surface area contributed by atoms with E-state index in [-0.39, 0.29) is 19.1 Å². The van der Waals surface area contributed by atoms with Gasteiger partial charge in [-0.1, -0.05) is 31.6 Å². The molecule has 0 radical (unpaired) electrons. The van der Waals surface area contributed by atoms with E-state index >= 15 is 0 Å². The highest BCUT2D eigenvalue weighted by Gasteiger charge is 2.29. The first kappa shape index (κ1) is 19.2. The van der Waals surface area contributed by atoms with Crippen LogP contribution < -0.4 is 0 Å². The van der Waals surface area contributed by atoms with Crippen LogP contribution in [0, 0.1) is 5.92 Å². The molecule has 0 saturated carbocycles. The smallest absolute Gasteiger partial charge is 0.189 e. The zero-order valence-electron chi connectivity index (χ0n) is 11.5. The van der Waals surface area contributed by atoms with Crippen molar-refractivity contribution in [2.45, 2.75) is 38.1 Å². The SMILES string of the molecule is CCCC1C=CC=CC1(O)O.OC(O)COCC(O)O. The molecule has 1 unspecified atom stereocenters. The number of allylic oxidation sites excluding steroid dienone is 2. The minimum Gasteiger partial charge on any atom is -0.371 e. The van der Waals surface area contributed by atoms with Gasteiger partial charge in [0.25, 0.3) is 0 Å². The van der Waals surface area contributed by atoms with Gasteiger partial charge in [-0.3, -0.25) is 0 Å². The van der Waals surface area contributed by atoms with Crippen molar-refractivity contribution in [3.05, 3.63) is 24.3 Å². The van der Waals surface area contributed by atoms with Crippen LogP contribution in [0.25, 0.3) is 0 Å². The van der Waals surface area contributed by atoms with Crippen molar-refractivity contribution in [3.8, 4) is 0 Å². The monoisotopic (exact) mass is 292 g/mol. The van der Waals surface area contributed by atoms with E-state index in [2.05, 4.69) is 4.74 Å². The van der Waals surface area contributed by atoms with Crippen LogP contribution in [-0.4, -0.2) is 62.2 Å². The Balaban J connectivity index is 0.000000370. The highest BCUT2D eigenvalue weighted by atomic mass is 16.6. The maximum atomic E-state index is 9.38. The van der Waals surface area contributed by atoms with Gasteiger partial charge in [0.2, 0.25) is 0 Å². The Morgan fingerprint density at radius 1 is 1.05 bits per heavy atom. The first-order valence-corrected chi connectivity index (χ1v) is 6.40. The van der Waals surface area contributed by atoms with E-state index in [4.69, 9.17) is 20.4 Å². The molecule has 0 aromatic carbocycles. The number of ether oxygens (including phenoxy) is 1. The van der Waals surface area contributed by atoms with Crippen LogP contribution in [0.15, 0.2) is 24.3 Å². The maximum Gasteiger partial charge on any atom is 0.189 e. The molecule has 0 fully saturated rings. The van der Waals surface area contributed by atoms with Crippen molar-refractivity contribution in [1.82, 2.24) is 0 Å². The Kier molecular flexibility index (Phi) is 9.60. The number of hydrogen-bond acceptors (Lipinski definition) is 7. The predicted octanol–water partition coefficient (Wildman–Crippen LogP) is -1.17. The third-order valence-electron chi connectivity index (χ3n) is 2.48. The summed E-state index contributed by atoms with van der Waals surface area (Å²) in [5.74, 6) is -1.76. The van der Waals surface area contributed by atoms with Crippen molar-refractivity contribution in [1.29, 1.82) is 0 Å². The summed E-state index contributed by atoms with van der Waals surface area (Å²) in [7, 11) is 0. The number of aliphatic hydroxyl groups excluding tert-OH is 2. The molecule has 0 bridgehead atoms. The van der Waals surface area contributed by atoms with Gasteiger partial charge in [-0.25, -0.2) is 0 Å². The first-order valence-electron chi connectivity index (χ1n) is 6.40. The molecular formula is C13H24O7. The van der Waals surface area contributed by atoms with Crippen molar-refractivity contribution in [2.24, 2.45) is 5.92 Å². The van der Waals surface area contributed by atoms with E-state index in [1.54, 1.807) is 6.08 Å². The molecule has 0 amide bonds. The average Bonchev–Trinajstić information content (AvgIpc) is 2.32. The minimum absolute atomic E-state index is 0.141. The lowest BCUT2D eigenvalue weighted by atomic mass is 9.90. The molecule has 20 heavy (non-hydrogen) atoms. The molecule has 0 aromatic rings. The van der Waals surface area contributed by atoms with Crippen LogP contribution in [-0.2, 0) is 4.74 Å². The highest BCUT2D eigenvalue weighted by Crippen LogP contribution is 2.25. The Bertz CT molecular complexity index is 289. The van der Waals surface area contributed by atoms with Crippen molar-refractivity contribution < 1.29 is 35.4 Å². The lowest BCUT2D eigenvalue weighted by Gasteiger charge is -2.27. The first-order chi connectivity index (χ1) is 9.29. The van der Waals surface area contributed by atoms with Gasteiger partial charge in [-0.05, 0) is 12.5 Å². The molecule has 1 aliphatic carbocycles. The molecule has 0 aromatic heterocycles. The third kappa shape index (κ3) is 9.16. The van der Waals surface area contributed by atoms with E-state index < -0.39 is 18.4 Å². The number of aliphatic hydroxyl groups is 6. The van der Waals surface area contributed by atoms with Crippen molar-refractivity contribution in [2.75, 3.05) is 13.2 Å². The van der Waals surface area contributed by atoms with Crippen LogP contribution in [0.5, 0.6) is 0 Å². The molecular weight excluding hydrogens is 268 g/mol. The minimum atomic E-state index is -1.62. The summed E-state index contributed by atoms with van der Waals surface area (Å²) < 4.78 is 4.36. The van der Waals surface area contributed by atoms with E-state index in [9.17, 15) is 10.2 Å². The second-order valence-corrected chi connectivity index (χ2v) is 4.42. The Morgan fingerprint density at radius 2 is 1.60 bits per heavy atom. The highest BCUT2D eigenvalue weighted by molar-refractivity contribution is 5.17. The number of rotatable bonds is 6. The molecule has 6 N–H and O–H groups in total. The van der Waals surface area contributed by atoms with Crippen LogP contribution >= 0.6 is 0 Å². The molecule has 0 saturated heterocycles. The number of hydrogen-bond donors (Lipinski definition) is 6. The second-order valence-electron chi connectivity index (χ2n) is 4.42. The largest absolute Gasteiger partial charge is 0.371 e. The maximum absolute atomic E-state index is 9.38. The summed E-state index contributed by atoms with van der Waals surface area (Å²) in [6, 6.07) is 0. The Morgan fingerprint density at radius 3 is 2.00 bits per heavy atom. The third-order valence-corrected chi connectivity index (χ3v) is 2.48. The van der Waals surface area contributed by atoms with E-state index in [1.807, 2.05) is 19.1 Å². The molecule has 1 rings (SSSR count). The Hall–Kier alpha value is -0.800. The second kappa shape index (κ2) is 10.0. The fourth-order valence-electron chi connectivity index (χ4n) is 1.56. The van der Waals surface area contributed by atoms with Gasteiger partial charge in [0.1, 0.15) is 0 Å². The topological polar surface area (TPSA) is 131 Å². The molecule has 7 nitrogen and oxygen atoms in total. The van der Waals surface area contributed by atoms with Crippen LogP contribution in [0.2, 0.25) is 0 Å². The molecule has 7 heteroatoms. The summed E-state index contributed by atoms with van der Waals surface area (Å²) in [5, 5.41) is 51.3. The van der Waals surface area contributed by atoms with Crippen LogP contribution in [0.1, 0.15) is 19.8 Å². The predicted molar refractivity (Wildman–Crippen MR) is 71.1 cm³/mol. The van der Waals surface area contributed by atoms with Gasteiger partial charge >= 0.3 is 0 Å². The Labute approximate surface area is 118 Å². The van der Waals surface area contributed by atoms with E-state index in [0.29, 0.717) is 0 Å².